The number of piperidine rings is 1. The number of aliphatic hydroxyl groups excluding tert-OH is 2. The zero-order chi connectivity index (χ0) is 21.8. The van der Waals surface area contributed by atoms with Gasteiger partial charge in [0.05, 0.1) is 11.7 Å². The second kappa shape index (κ2) is 9.40. The first-order valence-corrected chi connectivity index (χ1v) is 10.4. The number of hydrogen-bond donors (Lipinski definition) is 3. The molecule has 1 saturated heterocycles. The molecule has 2 heterocycles. The Kier molecular flexibility index (Phi) is 6.89. The Morgan fingerprint density at radius 1 is 1.10 bits per heavy atom. The Labute approximate surface area is 176 Å². The van der Waals surface area contributed by atoms with E-state index in [0.29, 0.717) is 0 Å². The number of amides is 2. The van der Waals surface area contributed by atoms with E-state index in [1.54, 1.807) is 22.7 Å². The van der Waals surface area contributed by atoms with Gasteiger partial charge in [-0.3, -0.25) is 9.59 Å². The molecule has 2 aromatic rings. The molecule has 1 aromatic carbocycles. The van der Waals surface area contributed by atoms with E-state index in [-0.39, 0.29) is 12.1 Å². The van der Waals surface area contributed by atoms with Crippen LogP contribution in [0, 0.1) is 0 Å². The lowest BCUT2D eigenvalue weighted by Crippen LogP contribution is -2.56. The Balaban J connectivity index is 1.60. The van der Waals surface area contributed by atoms with Gasteiger partial charge < -0.3 is 20.4 Å². The van der Waals surface area contributed by atoms with Crippen LogP contribution >= 0.6 is 0 Å². The molecule has 1 aliphatic heterocycles. The molecule has 3 N–H and O–H groups in total. The quantitative estimate of drug-likeness (QED) is 0.665. The summed E-state index contributed by atoms with van der Waals surface area (Å²) in [7, 11) is 0. The van der Waals surface area contributed by atoms with Crippen molar-refractivity contribution in [2.45, 2.75) is 70.4 Å². The number of nitrogens with one attached hydrogen (secondary N) is 1. The van der Waals surface area contributed by atoms with E-state index in [4.69, 9.17) is 0 Å². The van der Waals surface area contributed by atoms with Crippen LogP contribution < -0.4 is 5.32 Å². The van der Waals surface area contributed by atoms with Crippen molar-refractivity contribution >= 4 is 11.8 Å². The van der Waals surface area contributed by atoms with E-state index in [1.807, 2.05) is 50.4 Å². The Morgan fingerprint density at radius 2 is 1.73 bits per heavy atom. The molecule has 1 fully saturated rings. The highest BCUT2D eigenvalue weighted by atomic mass is 16.3. The minimum Gasteiger partial charge on any atom is -0.380 e. The summed E-state index contributed by atoms with van der Waals surface area (Å²) in [6.07, 6.45) is 2.61. The van der Waals surface area contributed by atoms with Gasteiger partial charge in [-0.1, -0.05) is 12.1 Å². The molecule has 0 saturated carbocycles. The van der Waals surface area contributed by atoms with E-state index in [2.05, 4.69) is 10.4 Å². The van der Waals surface area contributed by atoms with Gasteiger partial charge in [0.2, 0.25) is 0 Å². The fourth-order valence-electron chi connectivity index (χ4n) is 4.01. The van der Waals surface area contributed by atoms with Crippen LogP contribution in [-0.2, 0) is 9.59 Å². The molecular weight excluding hydrogens is 384 g/mol. The second-order valence-electron chi connectivity index (χ2n) is 8.04. The summed E-state index contributed by atoms with van der Waals surface area (Å²) in [4.78, 5) is 26.7. The van der Waals surface area contributed by atoms with Crippen LogP contribution in [0.1, 0.15) is 51.6 Å². The van der Waals surface area contributed by atoms with E-state index < -0.39 is 30.1 Å². The number of aromatic nitrogens is 2. The van der Waals surface area contributed by atoms with Crippen molar-refractivity contribution in [1.82, 2.24) is 20.0 Å². The zero-order valence-corrected chi connectivity index (χ0v) is 17.6. The number of nitrogens with zero attached hydrogens (tertiary/aromatic N) is 3. The maximum atomic E-state index is 12.7. The Morgan fingerprint density at radius 3 is 2.30 bits per heavy atom. The van der Waals surface area contributed by atoms with Gasteiger partial charge in [-0.15, -0.1) is 0 Å². The molecule has 1 aromatic heterocycles. The van der Waals surface area contributed by atoms with Gasteiger partial charge in [0.1, 0.15) is 0 Å². The number of carbonyl (C=O) groups excluding carboxylic acids is 2. The summed E-state index contributed by atoms with van der Waals surface area (Å²) in [5.41, 5.74) is 1.71. The fourth-order valence-corrected chi connectivity index (χ4v) is 4.01. The van der Waals surface area contributed by atoms with Gasteiger partial charge in [-0.05, 0) is 63.8 Å². The Hall–Kier alpha value is -2.71. The second-order valence-corrected chi connectivity index (χ2v) is 8.04. The van der Waals surface area contributed by atoms with Gasteiger partial charge in [-0.2, -0.15) is 5.10 Å². The van der Waals surface area contributed by atoms with Crippen molar-refractivity contribution in [3.63, 3.8) is 0 Å². The predicted molar refractivity (Wildman–Crippen MR) is 112 cm³/mol. The normalized spacial score (nSPS) is 22.2. The first kappa shape index (κ1) is 22.0. The molecule has 0 aliphatic carbocycles. The number of rotatable bonds is 6. The van der Waals surface area contributed by atoms with Crippen molar-refractivity contribution in [2.75, 3.05) is 0 Å². The summed E-state index contributed by atoms with van der Waals surface area (Å²) in [6.45, 7) is 5.61. The molecule has 0 spiro atoms. The fraction of sp³-hybridized carbons (Fsp3) is 0.500. The SMILES string of the molecule is C[C@@H]1CCC[C@H](C)N1C(=O)[C@H](O)[C@@H](O)C(=O)N[C@H](C)c1ccc(-n2cccn2)cc1. The molecule has 0 bridgehead atoms. The molecule has 3 rings (SSSR count). The Bertz CT molecular complexity index is 843. The summed E-state index contributed by atoms with van der Waals surface area (Å²) < 4.78 is 1.72. The van der Waals surface area contributed by atoms with E-state index in [0.717, 1.165) is 30.5 Å². The van der Waals surface area contributed by atoms with E-state index in [9.17, 15) is 19.8 Å². The van der Waals surface area contributed by atoms with Crippen LogP contribution in [-0.4, -0.2) is 61.0 Å². The van der Waals surface area contributed by atoms with E-state index >= 15 is 0 Å². The van der Waals surface area contributed by atoms with E-state index in [1.165, 1.54) is 0 Å². The minimum atomic E-state index is -1.83. The molecule has 8 nitrogen and oxygen atoms in total. The highest BCUT2D eigenvalue weighted by Crippen LogP contribution is 2.24. The van der Waals surface area contributed by atoms with Crippen LogP contribution in [0.5, 0.6) is 0 Å². The van der Waals surface area contributed by atoms with Crippen LogP contribution in [0.4, 0.5) is 0 Å². The third kappa shape index (κ3) is 4.71. The number of benzene rings is 1. The smallest absolute Gasteiger partial charge is 0.255 e. The van der Waals surface area contributed by atoms with Crippen LogP contribution in [0.25, 0.3) is 5.69 Å². The third-order valence-electron chi connectivity index (χ3n) is 5.79. The first-order chi connectivity index (χ1) is 14.3. The van der Waals surface area contributed by atoms with Gasteiger partial charge in [0, 0.05) is 24.5 Å². The maximum absolute atomic E-state index is 12.7. The molecule has 8 heteroatoms. The molecule has 5 atom stereocenters. The van der Waals surface area contributed by atoms with Crippen molar-refractivity contribution in [3.8, 4) is 5.69 Å². The maximum Gasteiger partial charge on any atom is 0.255 e. The molecule has 162 valence electrons. The lowest BCUT2D eigenvalue weighted by atomic mass is 9.96. The lowest BCUT2D eigenvalue weighted by molar-refractivity contribution is -0.158. The number of hydrogen-bond acceptors (Lipinski definition) is 5. The van der Waals surface area contributed by atoms with Crippen molar-refractivity contribution in [3.05, 3.63) is 48.3 Å². The molecule has 2 amide bonds. The van der Waals surface area contributed by atoms with Crippen molar-refractivity contribution in [1.29, 1.82) is 0 Å². The topological polar surface area (TPSA) is 108 Å². The van der Waals surface area contributed by atoms with Crippen molar-refractivity contribution < 1.29 is 19.8 Å². The summed E-state index contributed by atoms with van der Waals surface area (Å²) >= 11 is 0. The summed E-state index contributed by atoms with van der Waals surface area (Å²) in [5, 5.41) is 27.5. The van der Waals surface area contributed by atoms with Crippen LogP contribution in [0.15, 0.2) is 42.7 Å². The number of likely N-dealkylation sites (tertiary alicyclic amines) is 1. The first-order valence-electron chi connectivity index (χ1n) is 10.4. The molecule has 30 heavy (non-hydrogen) atoms. The average molecular weight is 415 g/mol. The van der Waals surface area contributed by atoms with Gasteiger partial charge in [0.25, 0.3) is 11.8 Å². The summed E-state index contributed by atoms with van der Waals surface area (Å²) in [5.74, 6) is -1.38. The average Bonchev–Trinajstić information content (AvgIpc) is 3.27. The zero-order valence-electron chi connectivity index (χ0n) is 17.6. The highest BCUT2D eigenvalue weighted by molar-refractivity contribution is 5.91. The highest BCUT2D eigenvalue weighted by Gasteiger charge is 2.38. The van der Waals surface area contributed by atoms with Gasteiger partial charge in [-0.25, -0.2) is 4.68 Å². The van der Waals surface area contributed by atoms with Crippen LogP contribution in [0.3, 0.4) is 0 Å². The molecular formula is C22H30N4O4. The number of aliphatic hydroxyl groups is 2. The van der Waals surface area contributed by atoms with Crippen molar-refractivity contribution in [2.24, 2.45) is 0 Å². The molecule has 0 radical (unpaired) electrons. The van der Waals surface area contributed by atoms with Gasteiger partial charge >= 0.3 is 0 Å². The summed E-state index contributed by atoms with van der Waals surface area (Å²) in [6, 6.07) is 8.82. The molecule has 1 aliphatic rings. The largest absolute Gasteiger partial charge is 0.380 e. The predicted octanol–water partition coefficient (Wildman–Crippen LogP) is 1.56. The minimum absolute atomic E-state index is 0.0293. The van der Waals surface area contributed by atoms with Gasteiger partial charge in [0.15, 0.2) is 12.2 Å². The third-order valence-corrected chi connectivity index (χ3v) is 5.79. The standard InChI is InChI=1S/C22H30N4O4/c1-14-6-4-7-15(2)26(14)22(30)20(28)19(27)21(29)24-16(3)17-8-10-18(11-9-17)25-13-5-12-23-25/h5,8-16,19-20,27-28H,4,6-7H2,1-3H3,(H,24,29)/t14-,15+,16-,19-,20-/m1/s1. The van der Waals surface area contributed by atoms with Crippen LogP contribution in [0.2, 0.25) is 0 Å². The molecule has 0 unspecified atom stereocenters. The monoisotopic (exact) mass is 414 g/mol. The lowest BCUT2D eigenvalue weighted by Gasteiger charge is -2.40. The number of carbonyl (C=O) groups is 2.